The normalized spacial score (nSPS) is 43.0. The van der Waals surface area contributed by atoms with Crippen LogP contribution in [-0.2, 0) is 9.53 Å². The molecule has 0 saturated heterocycles. The minimum Gasteiger partial charge on any atom is -0.462 e. The van der Waals surface area contributed by atoms with Crippen molar-refractivity contribution in [2.45, 2.75) is 118 Å². The summed E-state index contributed by atoms with van der Waals surface area (Å²) < 4.78 is 5.63. The number of hydrogen-bond donors (Lipinski definition) is 1. The lowest BCUT2D eigenvalue weighted by Gasteiger charge is -2.58. The summed E-state index contributed by atoms with van der Waals surface area (Å²) in [5, 5.41) is 10.2. The Hall–Kier alpha value is -0.830. The molecule has 3 fully saturated rings. The predicted molar refractivity (Wildman–Crippen MR) is 130 cm³/mol. The second-order valence-electron chi connectivity index (χ2n) is 12.8. The van der Waals surface area contributed by atoms with Crippen LogP contribution in [0.5, 0.6) is 0 Å². The molecule has 3 saturated carbocycles. The molecule has 0 radical (unpaired) electrons. The highest BCUT2D eigenvalue weighted by atomic mass is 16.5. The Kier molecular flexibility index (Phi) is 6.90. The van der Waals surface area contributed by atoms with Crippen molar-refractivity contribution in [3.05, 3.63) is 11.6 Å². The van der Waals surface area contributed by atoms with Crippen LogP contribution in [0.1, 0.15) is 106 Å². The molecular weight excluding hydrogens is 396 g/mol. The predicted octanol–water partition coefficient (Wildman–Crippen LogP) is 6.93. The molecule has 0 aromatic heterocycles. The van der Waals surface area contributed by atoms with Gasteiger partial charge in [0.25, 0.3) is 0 Å². The van der Waals surface area contributed by atoms with E-state index in [1.54, 1.807) is 5.57 Å². The summed E-state index contributed by atoms with van der Waals surface area (Å²) in [6.45, 7) is 13.5. The number of aliphatic hydroxyl groups is 1. The first-order valence-corrected chi connectivity index (χ1v) is 13.6. The summed E-state index contributed by atoms with van der Waals surface area (Å²) in [7, 11) is 0. The van der Waals surface area contributed by atoms with Gasteiger partial charge in [0.15, 0.2) is 0 Å². The van der Waals surface area contributed by atoms with Crippen LogP contribution in [0.15, 0.2) is 11.6 Å². The van der Waals surface area contributed by atoms with Crippen molar-refractivity contribution in [2.24, 2.45) is 46.3 Å². The third-order valence-corrected chi connectivity index (χ3v) is 10.8. The summed E-state index contributed by atoms with van der Waals surface area (Å²) in [6, 6.07) is 0. The Morgan fingerprint density at radius 3 is 2.53 bits per heavy atom. The van der Waals surface area contributed by atoms with E-state index in [9.17, 15) is 9.90 Å². The largest absolute Gasteiger partial charge is 0.462 e. The smallest absolute Gasteiger partial charge is 0.302 e. The van der Waals surface area contributed by atoms with Crippen LogP contribution in [0.4, 0.5) is 0 Å². The van der Waals surface area contributed by atoms with Gasteiger partial charge in [-0.25, -0.2) is 0 Å². The molecule has 4 rings (SSSR count). The highest BCUT2D eigenvalue weighted by Crippen LogP contribution is 2.67. The van der Waals surface area contributed by atoms with Gasteiger partial charge in [0.2, 0.25) is 0 Å². The fourth-order valence-electron chi connectivity index (χ4n) is 8.99. The van der Waals surface area contributed by atoms with Crippen LogP contribution in [-0.4, -0.2) is 23.3 Å². The maximum absolute atomic E-state index is 11.5. The summed E-state index contributed by atoms with van der Waals surface area (Å²) in [6.07, 6.45) is 14.5. The number of aliphatic hydroxyl groups excluding tert-OH is 1. The van der Waals surface area contributed by atoms with E-state index in [1.807, 2.05) is 0 Å². The van der Waals surface area contributed by atoms with Gasteiger partial charge in [-0.15, -0.1) is 0 Å². The van der Waals surface area contributed by atoms with Gasteiger partial charge < -0.3 is 9.84 Å². The molecule has 4 aliphatic carbocycles. The first kappa shape index (κ1) is 24.3. The van der Waals surface area contributed by atoms with Gasteiger partial charge in [0.05, 0.1) is 6.10 Å². The van der Waals surface area contributed by atoms with Gasteiger partial charge >= 0.3 is 5.97 Å². The van der Waals surface area contributed by atoms with Crippen LogP contribution in [0, 0.1) is 46.3 Å². The topological polar surface area (TPSA) is 46.5 Å². The highest BCUT2D eigenvalue weighted by Gasteiger charge is 2.59. The average Bonchev–Trinajstić information content (AvgIpc) is 3.08. The molecule has 0 amide bonds. The summed E-state index contributed by atoms with van der Waals surface area (Å²) >= 11 is 0. The molecule has 0 heterocycles. The third kappa shape index (κ3) is 4.21. The number of ether oxygens (including phenoxy) is 1. The maximum atomic E-state index is 11.5. The minimum atomic E-state index is -0.143. The second kappa shape index (κ2) is 9.08. The van der Waals surface area contributed by atoms with Crippen molar-refractivity contribution in [1.82, 2.24) is 0 Å². The Balaban J connectivity index is 1.45. The summed E-state index contributed by atoms with van der Waals surface area (Å²) in [4.78, 5) is 11.5. The Morgan fingerprint density at radius 1 is 1.09 bits per heavy atom. The molecular formula is C29H48O3. The molecule has 0 aliphatic heterocycles. The standard InChI is InChI=1S/C29H48O3/c1-18(2)27(32-20(4)30)12-7-19(3)24-10-11-25-23-9-8-21-17-22(31)13-15-28(21,5)26(23)14-16-29(24,25)6/h8,18-19,22-27,31H,7,9-17H2,1-6H3/t19-,22+,23+,24-,25+,26+,27-,28+,29-/m1/s1. The van der Waals surface area contributed by atoms with E-state index in [4.69, 9.17) is 4.74 Å². The fourth-order valence-corrected chi connectivity index (χ4v) is 8.99. The van der Waals surface area contributed by atoms with Crippen molar-refractivity contribution in [3.63, 3.8) is 0 Å². The van der Waals surface area contributed by atoms with Crippen molar-refractivity contribution in [2.75, 3.05) is 0 Å². The molecule has 32 heavy (non-hydrogen) atoms. The van der Waals surface area contributed by atoms with Gasteiger partial charge in [0.1, 0.15) is 6.10 Å². The van der Waals surface area contributed by atoms with Gasteiger partial charge in [0, 0.05) is 6.92 Å². The fraction of sp³-hybridized carbons (Fsp3) is 0.897. The molecule has 0 aromatic carbocycles. The summed E-state index contributed by atoms with van der Waals surface area (Å²) in [5.41, 5.74) is 2.38. The Morgan fingerprint density at radius 2 is 1.84 bits per heavy atom. The molecule has 3 nitrogen and oxygen atoms in total. The quantitative estimate of drug-likeness (QED) is 0.357. The summed E-state index contributed by atoms with van der Waals surface area (Å²) in [5.74, 6) is 4.22. The van der Waals surface area contributed by atoms with E-state index in [0.717, 1.165) is 49.4 Å². The molecule has 182 valence electrons. The SMILES string of the molecule is CC(=O)O[C@H](CC[C@@H](C)[C@H]1CC[C@H]2[C@@H]3CC=C4C[C@@H](O)CC[C@]4(C)[C@H]3CC[C@]12C)C(C)C. The van der Waals surface area contributed by atoms with Gasteiger partial charge in [-0.1, -0.05) is 46.3 Å². The second-order valence-corrected chi connectivity index (χ2v) is 12.8. The number of rotatable bonds is 6. The van der Waals surface area contributed by atoms with E-state index in [0.29, 0.717) is 22.7 Å². The lowest BCUT2D eigenvalue weighted by molar-refractivity contribution is -0.149. The first-order valence-electron chi connectivity index (χ1n) is 13.6. The Labute approximate surface area is 196 Å². The maximum Gasteiger partial charge on any atom is 0.302 e. The van der Waals surface area contributed by atoms with E-state index in [1.165, 1.54) is 45.4 Å². The van der Waals surface area contributed by atoms with Crippen LogP contribution in [0.25, 0.3) is 0 Å². The zero-order valence-corrected chi connectivity index (χ0v) is 21.5. The first-order chi connectivity index (χ1) is 15.1. The number of carbonyl (C=O) groups excluding carboxylic acids is 1. The van der Waals surface area contributed by atoms with E-state index in [2.05, 4.69) is 40.7 Å². The molecule has 4 aliphatic rings. The lowest BCUT2D eigenvalue weighted by Crippen LogP contribution is -2.50. The number of fused-ring (bicyclic) bond motifs is 5. The molecule has 0 spiro atoms. The zero-order valence-electron chi connectivity index (χ0n) is 21.5. The van der Waals surface area contributed by atoms with Crippen molar-refractivity contribution in [1.29, 1.82) is 0 Å². The van der Waals surface area contributed by atoms with Crippen molar-refractivity contribution >= 4 is 5.97 Å². The van der Waals surface area contributed by atoms with E-state index in [-0.39, 0.29) is 18.2 Å². The van der Waals surface area contributed by atoms with Gasteiger partial charge in [-0.2, -0.15) is 0 Å². The van der Waals surface area contributed by atoms with Crippen molar-refractivity contribution < 1.29 is 14.6 Å². The third-order valence-electron chi connectivity index (χ3n) is 10.8. The number of hydrogen-bond acceptors (Lipinski definition) is 3. The highest BCUT2D eigenvalue weighted by molar-refractivity contribution is 5.66. The van der Waals surface area contributed by atoms with Gasteiger partial charge in [-0.05, 0) is 111 Å². The minimum absolute atomic E-state index is 0.0548. The number of esters is 1. The number of allylic oxidation sites excluding steroid dienone is 1. The molecule has 0 unspecified atom stereocenters. The molecule has 3 heteroatoms. The van der Waals surface area contributed by atoms with E-state index < -0.39 is 0 Å². The zero-order chi connectivity index (χ0) is 23.3. The van der Waals surface area contributed by atoms with Gasteiger partial charge in [-0.3, -0.25) is 4.79 Å². The van der Waals surface area contributed by atoms with Crippen LogP contribution in [0.3, 0.4) is 0 Å². The molecule has 0 aromatic rings. The van der Waals surface area contributed by atoms with Crippen LogP contribution >= 0.6 is 0 Å². The molecule has 1 N–H and O–H groups in total. The molecule has 9 atom stereocenters. The lowest BCUT2D eigenvalue weighted by atomic mass is 9.47. The van der Waals surface area contributed by atoms with Crippen LogP contribution < -0.4 is 0 Å². The van der Waals surface area contributed by atoms with Crippen molar-refractivity contribution in [3.8, 4) is 0 Å². The number of carbonyl (C=O) groups is 1. The molecule has 0 bridgehead atoms. The van der Waals surface area contributed by atoms with Crippen LogP contribution in [0.2, 0.25) is 0 Å². The Bertz CT molecular complexity index is 726. The monoisotopic (exact) mass is 444 g/mol. The average molecular weight is 445 g/mol. The van der Waals surface area contributed by atoms with E-state index >= 15 is 0 Å².